The fraction of sp³-hybridized carbons (Fsp3) is 0.500. The van der Waals surface area contributed by atoms with Crippen LogP contribution in [0.25, 0.3) is 0 Å². The first-order chi connectivity index (χ1) is 9.10. The van der Waals surface area contributed by atoms with Gasteiger partial charge in [0, 0.05) is 30.1 Å². The number of thiophene rings is 1. The normalized spacial score (nSPS) is 12.8. The molecule has 2 heterocycles. The first-order valence-corrected chi connectivity index (χ1v) is 8.19. The summed E-state index contributed by atoms with van der Waals surface area (Å²) in [4.78, 5) is 1.37. The van der Waals surface area contributed by atoms with Crippen LogP contribution in [0.3, 0.4) is 0 Å². The van der Waals surface area contributed by atoms with E-state index in [0.717, 1.165) is 25.1 Å². The van der Waals surface area contributed by atoms with Crippen LogP contribution in [0, 0.1) is 6.92 Å². The van der Waals surface area contributed by atoms with Gasteiger partial charge in [-0.2, -0.15) is 5.10 Å². The largest absolute Gasteiger partial charge is 0.309 e. The van der Waals surface area contributed by atoms with Crippen LogP contribution < -0.4 is 5.32 Å². The zero-order valence-electron chi connectivity index (χ0n) is 11.6. The summed E-state index contributed by atoms with van der Waals surface area (Å²) < 4.78 is 3.17. The molecule has 0 fully saturated rings. The van der Waals surface area contributed by atoms with Crippen molar-refractivity contribution in [1.29, 1.82) is 0 Å². The maximum Gasteiger partial charge on any atom is 0.0701 e. The Balaban J connectivity index is 2.16. The number of aromatic nitrogens is 2. The topological polar surface area (TPSA) is 29.9 Å². The van der Waals surface area contributed by atoms with E-state index in [9.17, 15) is 0 Å². The van der Waals surface area contributed by atoms with Crippen LogP contribution in [-0.2, 0) is 13.5 Å². The number of nitrogens with zero attached hydrogens (tertiary/aromatic N) is 2. The molecule has 0 amide bonds. The first kappa shape index (κ1) is 14.8. The van der Waals surface area contributed by atoms with Crippen LogP contribution in [0.15, 0.2) is 22.0 Å². The molecule has 0 aliphatic carbocycles. The van der Waals surface area contributed by atoms with Crippen molar-refractivity contribution in [2.75, 3.05) is 6.54 Å². The van der Waals surface area contributed by atoms with Crippen LogP contribution in [-0.4, -0.2) is 16.3 Å². The highest BCUT2D eigenvalue weighted by Gasteiger charge is 2.16. The second-order valence-corrected chi connectivity index (χ2v) is 7.25. The summed E-state index contributed by atoms with van der Waals surface area (Å²) in [6.07, 6.45) is 2.12. The smallest absolute Gasteiger partial charge is 0.0701 e. The molecule has 1 unspecified atom stereocenters. The monoisotopic (exact) mass is 341 g/mol. The number of halogens is 1. The lowest BCUT2D eigenvalue weighted by Crippen LogP contribution is -2.24. The third-order valence-electron chi connectivity index (χ3n) is 3.09. The Labute approximate surface area is 127 Å². The lowest BCUT2D eigenvalue weighted by Gasteiger charge is -2.17. The molecule has 1 N–H and O–H groups in total. The maximum absolute atomic E-state index is 4.43. The highest BCUT2D eigenvalue weighted by Crippen LogP contribution is 2.29. The third kappa shape index (κ3) is 3.91. The summed E-state index contributed by atoms with van der Waals surface area (Å²) in [5.74, 6) is 0. The fourth-order valence-electron chi connectivity index (χ4n) is 2.17. The van der Waals surface area contributed by atoms with Gasteiger partial charge in [0.05, 0.1) is 9.48 Å². The van der Waals surface area contributed by atoms with Crippen molar-refractivity contribution in [2.24, 2.45) is 7.05 Å². The SMILES string of the molecule is CCCNC(Cc1cc(C)nn1C)c1ccc(Br)s1. The minimum absolute atomic E-state index is 0.367. The number of nitrogens with one attached hydrogen (secondary N) is 1. The van der Waals surface area contributed by atoms with Crippen LogP contribution in [0.5, 0.6) is 0 Å². The lowest BCUT2D eigenvalue weighted by molar-refractivity contribution is 0.519. The van der Waals surface area contributed by atoms with E-state index in [0.29, 0.717) is 6.04 Å². The van der Waals surface area contributed by atoms with Gasteiger partial charge in [-0.25, -0.2) is 0 Å². The van der Waals surface area contributed by atoms with E-state index < -0.39 is 0 Å². The van der Waals surface area contributed by atoms with Crippen molar-refractivity contribution >= 4 is 27.3 Å². The molecule has 0 bridgehead atoms. The minimum Gasteiger partial charge on any atom is -0.309 e. The van der Waals surface area contributed by atoms with Gasteiger partial charge in [-0.1, -0.05) is 6.92 Å². The molecule has 5 heteroatoms. The van der Waals surface area contributed by atoms with E-state index in [1.54, 1.807) is 11.3 Å². The lowest BCUT2D eigenvalue weighted by atomic mass is 10.1. The zero-order valence-corrected chi connectivity index (χ0v) is 14.0. The molecular formula is C14H20BrN3S. The van der Waals surface area contributed by atoms with Gasteiger partial charge in [0.2, 0.25) is 0 Å². The van der Waals surface area contributed by atoms with E-state index >= 15 is 0 Å². The van der Waals surface area contributed by atoms with Crippen molar-refractivity contribution in [2.45, 2.75) is 32.7 Å². The van der Waals surface area contributed by atoms with Crippen molar-refractivity contribution in [3.05, 3.63) is 38.3 Å². The highest BCUT2D eigenvalue weighted by atomic mass is 79.9. The molecule has 0 saturated carbocycles. The molecule has 1 atom stereocenters. The molecule has 2 rings (SSSR count). The van der Waals surface area contributed by atoms with Crippen molar-refractivity contribution in [3.8, 4) is 0 Å². The van der Waals surface area contributed by atoms with Gasteiger partial charge >= 0.3 is 0 Å². The van der Waals surface area contributed by atoms with Gasteiger partial charge in [0.15, 0.2) is 0 Å². The molecule has 2 aromatic rings. The molecule has 19 heavy (non-hydrogen) atoms. The molecule has 0 aliphatic rings. The van der Waals surface area contributed by atoms with Crippen LogP contribution >= 0.6 is 27.3 Å². The highest BCUT2D eigenvalue weighted by molar-refractivity contribution is 9.11. The molecular weight excluding hydrogens is 322 g/mol. The maximum atomic E-state index is 4.43. The minimum atomic E-state index is 0.367. The second-order valence-electron chi connectivity index (χ2n) is 4.75. The molecule has 2 aromatic heterocycles. The predicted octanol–water partition coefficient (Wildman–Crippen LogP) is 3.84. The number of aryl methyl sites for hydroxylation is 2. The summed E-state index contributed by atoms with van der Waals surface area (Å²) in [5.41, 5.74) is 2.36. The van der Waals surface area contributed by atoms with Crippen molar-refractivity contribution in [3.63, 3.8) is 0 Å². The van der Waals surface area contributed by atoms with Gasteiger partial charge in [-0.15, -0.1) is 11.3 Å². The zero-order chi connectivity index (χ0) is 13.8. The molecule has 0 aliphatic heterocycles. The fourth-order valence-corrected chi connectivity index (χ4v) is 3.67. The van der Waals surface area contributed by atoms with E-state index in [1.165, 1.54) is 14.4 Å². The number of hydrogen-bond donors (Lipinski definition) is 1. The van der Waals surface area contributed by atoms with Crippen LogP contribution in [0.1, 0.15) is 35.7 Å². The Kier molecular flexibility index (Phi) is 5.19. The Bertz CT molecular complexity index is 533. The van der Waals surface area contributed by atoms with E-state index in [-0.39, 0.29) is 0 Å². The van der Waals surface area contributed by atoms with Gasteiger partial charge in [-0.05, 0) is 54.0 Å². The van der Waals surface area contributed by atoms with Crippen molar-refractivity contribution in [1.82, 2.24) is 15.1 Å². The summed E-state index contributed by atoms with van der Waals surface area (Å²) in [5, 5.41) is 8.06. The van der Waals surface area contributed by atoms with E-state index in [2.05, 4.69) is 51.5 Å². The Morgan fingerprint density at radius 1 is 1.47 bits per heavy atom. The Hall–Kier alpha value is -0.650. The molecule has 0 spiro atoms. The predicted molar refractivity (Wildman–Crippen MR) is 84.7 cm³/mol. The average Bonchev–Trinajstić information content (AvgIpc) is 2.91. The van der Waals surface area contributed by atoms with Gasteiger partial charge in [-0.3, -0.25) is 4.68 Å². The summed E-state index contributed by atoms with van der Waals surface area (Å²) in [6, 6.07) is 6.86. The van der Waals surface area contributed by atoms with Gasteiger partial charge in [0.1, 0.15) is 0 Å². The second kappa shape index (κ2) is 6.68. The molecule has 104 valence electrons. The summed E-state index contributed by atoms with van der Waals surface area (Å²) in [6.45, 7) is 5.28. The average molecular weight is 342 g/mol. The Morgan fingerprint density at radius 2 is 2.26 bits per heavy atom. The van der Waals surface area contributed by atoms with Crippen LogP contribution in [0.4, 0.5) is 0 Å². The standard InChI is InChI=1S/C14H20BrN3S/c1-4-7-16-12(13-5-6-14(15)19-13)9-11-8-10(2)17-18(11)3/h5-6,8,12,16H,4,7,9H2,1-3H3. The van der Waals surface area contributed by atoms with Crippen LogP contribution in [0.2, 0.25) is 0 Å². The van der Waals surface area contributed by atoms with E-state index in [4.69, 9.17) is 0 Å². The molecule has 3 nitrogen and oxygen atoms in total. The van der Waals surface area contributed by atoms with E-state index in [1.807, 2.05) is 18.7 Å². The van der Waals surface area contributed by atoms with Gasteiger partial charge < -0.3 is 5.32 Å². The third-order valence-corrected chi connectivity index (χ3v) is 4.83. The first-order valence-electron chi connectivity index (χ1n) is 6.58. The summed E-state index contributed by atoms with van der Waals surface area (Å²) in [7, 11) is 2.02. The van der Waals surface area contributed by atoms with Crippen molar-refractivity contribution < 1.29 is 0 Å². The van der Waals surface area contributed by atoms with Gasteiger partial charge in [0.25, 0.3) is 0 Å². The molecule has 0 radical (unpaired) electrons. The molecule has 0 saturated heterocycles. The number of rotatable bonds is 6. The number of hydrogen-bond acceptors (Lipinski definition) is 3. The Morgan fingerprint density at radius 3 is 2.79 bits per heavy atom. The molecule has 0 aromatic carbocycles. The quantitative estimate of drug-likeness (QED) is 0.865. The summed E-state index contributed by atoms with van der Waals surface area (Å²) >= 11 is 5.35.